The van der Waals surface area contributed by atoms with Crippen molar-refractivity contribution in [2.45, 2.75) is 18.7 Å². The van der Waals surface area contributed by atoms with Crippen LogP contribution in [0.25, 0.3) is 0 Å². The predicted molar refractivity (Wildman–Crippen MR) is 79.7 cm³/mol. The standard InChI is InChI=1S/C17H15F4NO2/c1-16(24,11-6-8-12(18)9-7-11)10-22-15(23)13-4-2-3-5-14(13)17(19,20)21/h2-9,24H,10H2,1H3,(H,22,23). The summed E-state index contributed by atoms with van der Waals surface area (Å²) < 4.78 is 51.7. The number of carbonyl (C=O) groups is 1. The molecule has 2 rings (SSSR count). The number of halogens is 4. The van der Waals surface area contributed by atoms with Crippen LogP contribution in [0.1, 0.15) is 28.4 Å². The van der Waals surface area contributed by atoms with E-state index in [1.54, 1.807) is 0 Å². The first-order valence-electron chi connectivity index (χ1n) is 7.04. The first kappa shape index (κ1) is 17.9. The maximum atomic E-state index is 12.9. The Hall–Kier alpha value is -2.41. The lowest BCUT2D eigenvalue weighted by Gasteiger charge is -2.24. The summed E-state index contributed by atoms with van der Waals surface area (Å²) in [6, 6.07) is 9.35. The number of nitrogens with one attached hydrogen (secondary N) is 1. The summed E-state index contributed by atoms with van der Waals surface area (Å²) in [7, 11) is 0. The van der Waals surface area contributed by atoms with Crippen molar-refractivity contribution in [2.75, 3.05) is 6.54 Å². The number of hydrogen-bond acceptors (Lipinski definition) is 2. The summed E-state index contributed by atoms with van der Waals surface area (Å²) in [6.45, 7) is 1.04. The third-order valence-electron chi connectivity index (χ3n) is 3.54. The summed E-state index contributed by atoms with van der Waals surface area (Å²) in [5, 5.41) is 12.6. The molecule has 0 radical (unpaired) electrons. The van der Waals surface area contributed by atoms with Crippen LogP contribution >= 0.6 is 0 Å². The Morgan fingerprint density at radius 3 is 2.25 bits per heavy atom. The summed E-state index contributed by atoms with van der Waals surface area (Å²) >= 11 is 0. The van der Waals surface area contributed by atoms with E-state index >= 15 is 0 Å². The molecular formula is C17H15F4NO2. The molecule has 0 spiro atoms. The van der Waals surface area contributed by atoms with Crippen molar-refractivity contribution in [3.8, 4) is 0 Å². The van der Waals surface area contributed by atoms with Crippen molar-refractivity contribution in [1.82, 2.24) is 5.32 Å². The fraction of sp³-hybridized carbons (Fsp3) is 0.235. The molecule has 0 fully saturated rings. The first-order chi connectivity index (χ1) is 11.1. The number of hydrogen-bond donors (Lipinski definition) is 2. The average molecular weight is 341 g/mol. The van der Waals surface area contributed by atoms with Gasteiger partial charge in [0.15, 0.2) is 0 Å². The fourth-order valence-electron chi connectivity index (χ4n) is 2.19. The molecule has 0 aliphatic carbocycles. The van der Waals surface area contributed by atoms with Gasteiger partial charge in [-0.05, 0) is 36.8 Å². The van der Waals surface area contributed by atoms with Gasteiger partial charge < -0.3 is 10.4 Å². The molecule has 0 heterocycles. The molecule has 7 heteroatoms. The highest BCUT2D eigenvalue weighted by Gasteiger charge is 2.35. The molecule has 128 valence electrons. The van der Waals surface area contributed by atoms with Gasteiger partial charge in [0.2, 0.25) is 0 Å². The molecule has 3 nitrogen and oxygen atoms in total. The molecular weight excluding hydrogens is 326 g/mol. The quantitative estimate of drug-likeness (QED) is 0.837. The predicted octanol–water partition coefficient (Wildman–Crippen LogP) is 3.48. The van der Waals surface area contributed by atoms with Gasteiger partial charge in [-0.15, -0.1) is 0 Å². The van der Waals surface area contributed by atoms with Crippen molar-refractivity contribution in [1.29, 1.82) is 0 Å². The van der Waals surface area contributed by atoms with Gasteiger partial charge in [0.05, 0.1) is 17.7 Å². The summed E-state index contributed by atoms with van der Waals surface area (Å²) in [5.41, 5.74) is -2.81. The van der Waals surface area contributed by atoms with Gasteiger partial charge in [-0.3, -0.25) is 4.79 Å². The van der Waals surface area contributed by atoms with E-state index in [9.17, 15) is 27.5 Å². The minimum Gasteiger partial charge on any atom is -0.384 e. The van der Waals surface area contributed by atoms with Crippen molar-refractivity contribution in [2.24, 2.45) is 0 Å². The zero-order valence-electron chi connectivity index (χ0n) is 12.7. The van der Waals surface area contributed by atoms with Crippen LogP contribution in [0.5, 0.6) is 0 Å². The molecule has 1 amide bonds. The van der Waals surface area contributed by atoms with E-state index in [0.29, 0.717) is 5.56 Å². The van der Waals surface area contributed by atoms with Gasteiger partial charge in [0.25, 0.3) is 5.91 Å². The maximum Gasteiger partial charge on any atom is 0.417 e. The second-order valence-corrected chi connectivity index (χ2v) is 5.51. The number of amides is 1. The van der Waals surface area contributed by atoms with E-state index in [2.05, 4.69) is 5.32 Å². The third-order valence-corrected chi connectivity index (χ3v) is 3.54. The Morgan fingerprint density at radius 2 is 1.67 bits per heavy atom. The second-order valence-electron chi connectivity index (χ2n) is 5.51. The van der Waals surface area contributed by atoms with Crippen molar-refractivity contribution in [3.05, 3.63) is 71.0 Å². The first-order valence-corrected chi connectivity index (χ1v) is 7.04. The zero-order valence-corrected chi connectivity index (χ0v) is 12.7. The fourth-order valence-corrected chi connectivity index (χ4v) is 2.19. The molecule has 0 aliphatic heterocycles. The van der Waals surface area contributed by atoms with Crippen LogP contribution < -0.4 is 5.32 Å². The molecule has 0 aliphatic rings. The van der Waals surface area contributed by atoms with E-state index in [-0.39, 0.29) is 6.54 Å². The minimum absolute atomic E-state index is 0.327. The third kappa shape index (κ3) is 4.11. The summed E-state index contributed by atoms with van der Waals surface area (Å²) in [5.74, 6) is -1.44. The average Bonchev–Trinajstić information content (AvgIpc) is 2.52. The van der Waals surface area contributed by atoms with Crippen LogP contribution in [0.4, 0.5) is 17.6 Å². The van der Waals surface area contributed by atoms with Crippen LogP contribution in [-0.2, 0) is 11.8 Å². The lowest BCUT2D eigenvalue weighted by Crippen LogP contribution is -2.39. The Kier molecular flexibility index (Phi) is 4.94. The zero-order chi connectivity index (χ0) is 18.0. The Bertz CT molecular complexity index is 724. The van der Waals surface area contributed by atoms with Crippen molar-refractivity contribution in [3.63, 3.8) is 0 Å². The summed E-state index contributed by atoms with van der Waals surface area (Å²) in [6.07, 6.45) is -4.66. The number of rotatable bonds is 4. The van der Waals surface area contributed by atoms with Crippen LogP contribution in [0.3, 0.4) is 0 Å². The molecule has 24 heavy (non-hydrogen) atoms. The van der Waals surface area contributed by atoms with Crippen molar-refractivity contribution >= 4 is 5.91 Å². The summed E-state index contributed by atoms with van der Waals surface area (Å²) in [4.78, 5) is 12.1. The van der Waals surface area contributed by atoms with E-state index < -0.39 is 34.6 Å². The highest BCUT2D eigenvalue weighted by Crippen LogP contribution is 2.31. The van der Waals surface area contributed by atoms with Gasteiger partial charge in [0, 0.05) is 0 Å². The molecule has 0 aromatic heterocycles. The highest BCUT2D eigenvalue weighted by atomic mass is 19.4. The molecule has 2 aromatic rings. The molecule has 1 unspecified atom stereocenters. The van der Waals surface area contributed by atoms with Gasteiger partial charge in [-0.1, -0.05) is 24.3 Å². The minimum atomic E-state index is -4.66. The Morgan fingerprint density at radius 1 is 1.08 bits per heavy atom. The van der Waals surface area contributed by atoms with Crippen LogP contribution in [0, 0.1) is 5.82 Å². The normalized spacial score (nSPS) is 14.1. The number of alkyl halides is 3. The topological polar surface area (TPSA) is 49.3 Å². The number of aliphatic hydroxyl groups is 1. The number of benzene rings is 2. The van der Waals surface area contributed by atoms with Crippen LogP contribution in [0.15, 0.2) is 48.5 Å². The SMILES string of the molecule is CC(O)(CNC(=O)c1ccccc1C(F)(F)F)c1ccc(F)cc1. The largest absolute Gasteiger partial charge is 0.417 e. The molecule has 0 saturated heterocycles. The van der Waals surface area contributed by atoms with Crippen LogP contribution in [0.2, 0.25) is 0 Å². The molecule has 0 saturated carbocycles. The van der Waals surface area contributed by atoms with Gasteiger partial charge in [-0.2, -0.15) is 13.2 Å². The number of carbonyl (C=O) groups excluding carboxylic acids is 1. The smallest absolute Gasteiger partial charge is 0.384 e. The highest BCUT2D eigenvalue weighted by molar-refractivity contribution is 5.95. The second kappa shape index (κ2) is 6.60. The van der Waals surface area contributed by atoms with Crippen molar-refractivity contribution < 1.29 is 27.5 Å². The molecule has 2 aromatic carbocycles. The van der Waals surface area contributed by atoms with Gasteiger partial charge in [-0.25, -0.2) is 4.39 Å². The van der Waals surface area contributed by atoms with Gasteiger partial charge in [0.1, 0.15) is 11.4 Å². The van der Waals surface area contributed by atoms with Crippen LogP contribution in [-0.4, -0.2) is 17.6 Å². The molecule has 1 atom stereocenters. The van der Waals surface area contributed by atoms with E-state index in [1.807, 2.05) is 0 Å². The van der Waals surface area contributed by atoms with E-state index in [0.717, 1.165) is 24.3 Å². The Labute approximate surface area is 135 Å². The maximum absolute atomic E-state index is 12.9. The van der Waals surface area contributed by atoms with Gasteiger partial charge >= 0.3 is 6.18 Å². The van der Waals surface area contributed by atoms with E-state index in [4.69, 9.17) is 0 Å². The molecule has 2 N–H and O–H groups in total. The van der Waals surface area contributed by atoms with E-state index in [1.165, 1.54) is 31.2 Å². The monoisotopic (exact) mass is 341 g/mol. The Balaban J connectivity index is 2.15. The lowest BCUT2D eigenvalue weighted by atomic mass is 9.95. The lowest BCUT2D eigenvalue weighted by molar-refractivity contribution is -0.137. The molecule has 0 bridgehead atoms.